The molecule has 0 saturated carbocycles. The van der Waals surface area contributed by atoms with E-state index in [-0.39, 0.29) is 25.9 Å². The van der Waals surface area contributed by atoms with Gasteiger partial charge in [0.25, 0.3) is 0 Å². The molecule has 0 aliphatic carbocycles. The second-order valence-corrected chi connectivity index (χ2v) is 1.77. The molecule has 0 aromatic heterocycles. The molecule has 0 rings (SSSR count). The van der Waals surface area contributed by atoms with Gasteiger partial charge in [0.15, 0.2) is 0 Å². The van der Waals surface area contributed by atoms with Crippen molar-refractivity contribution in [3.8, 4) is 0 Å². The molecule has 0 unspecified atom stereocenters. The Kier molecular flexibility index (Phi) is 4.92. The molecule has 36 valence electrons. The molecule has 4 nitrogen and oxygen atoms in total. The molecule has 0 spiro atoms. The summed E-state index contributed by atoms with van der Waals surface area (Å²) in [6.07, 6.45) is 0. The average Bonchev–Trinajstić information content (AvgIpc) is 0.722. The molecule has 0 saturated heterocycles. The van der Waals surface area contributed by atoms with Crippen molar-refractivity contribution in [3.63, 3.8) is 0 Å². The van der Waals surface area contributed by atoms with Gasteiger partial charge in [0, 0.05) is 0 Å². The van der Waals surface area contributed by atoms with Crippen LogP contribution >= 0.6 is 7.75 Å². The summed E-state index contributed by atoms with van der Waals surface area (Å²) in [5.41, 5.74) is 4.02. The van der Waals surface area contributed by atoms with Gasteiger partial charge < -0.3 is 12.6 Å². The molecule has 0 aliphatic rings. The maximum absolute atomic E-state index is 9.10. The number of hydrogen-bond donors (Lipinski definition) is 3. The average molecular weight is 123 g/mol. The minimum Gasteiger partial charge on any atom is -1.00 e. The maximum Gasteiger partial charge on any atom is 2.00 e. The maximum atomic E-state index is 9.10. The molecule has 0 heterocycles. The van der Waals surface area contributed by atoms with Gasteiger partial charge in [0.1, 0.15) is 0 Å². The van der Waals surface area contributed by atoms with Crippen molar-refractivity contribution in [3.05, 3.63) is 0 Å². The molecule has 0 aromatic carbocycles. The normalized spacial score (nSPS) is 9.83. The summed E-state index contributed by atoms with van der Waals surface area (Å²) in [6, 6.07) is 0. The van der Waals surface area contributed by atoms with Crippen molar-refractivity contribution >= 4 is 30.8 Å². The SMILES string of the molecule is NP(=O)(O)O.[H-].[H-].[Mg+2]. The first-order chi connectivity index (χ1) is 2.00. The third-order valence-electron chi connectivity index (χ3n) is 0. The van der Waals surface area contributed by atoms with Gasteiger partial charge in [-0.1, -0.05) is 0 Å². The molecule has 0 radical (unpaired) electrons. The molecule has 4 N–H and O–H groups in total. The van der Waals surface area contributed by atoms with Crippen molar-refractivity contribution in [1.29, 1.82) is 0 Å². The van der Waals surface area contributed by atoms with Gasteiger partial charge in [0.05, 0.1) is 0 Å². The molecular weight excluding hydrogens is 117 g/mol. The van der Waals surface area contributed by atoms with Gasteiger partial charge in [-0.2, -0.15) is 0 Å². The fourth-order valence-corrected chi connectivity index (χ4v) is 0. The smallest absolute Gasteiger partial charge is 1.00 e. The largest absolute Gasteiger partial charge is 2.00 e. The van der Waals surface area contributed by atoms with Gasteiger partial charge in [-0.05, 0) is 0 Å². The van der Waals surface area contributed by atoms with E-state index in [1.54, 1.807) is 0 Å². The second kappa shape index (κ2) is 2.96. The Hall–Kier alpha value is 0.876. The first-order valence-corrected chi connectivity index (χ1v) is 2.52. The zero-order chi connectivity index (χ0) is 4.50. The molecule has 0 atom stereocenters. The molecular formula is H6MgNO3P. The molecule has 6 heavy (non-hydrogen) atoms. The van der Waals surface area contributed by atoms with Crippen LogP contribution in [0.25, 0.3) is 0 Å². The number of nitrogens with two attached hydrogens (primary N) is 1. The van der Waals surface area contributed by atoms with E-state index >= 15 is 0 Å². The summed E-state index contributed by atoms with van der Waals surface area (Å²) in [6.45, 7) is 0. The Morgan fingerprint density at radius 3 is 1.67 bits per heavy atom. The molecule has 0 aromatic rings. The fraction of sp³-hybridized carbons (Fsp3) is 0. The standard InChI is InChI=1S/Mg.H4NO3P.2H/c;1-5(2,3)4;;/h;(H4,1,2,3,4);;/q+2;;2*-1. The monoisotopic (exact) mass is 123 g/mol. The summed E-state index contributed by atoms with van der Waals surface area (Å²) >= 11 is 0. The van der Waals surface area contributed by atoms with E-state index in [0.717, 1.165) is 0 Å². The summed E-state index contributed by atoms with van der Waals surface area (Å²) in [5, 5.41) is 0. The van der Waals surface area contributed by atoms with Gasteiger partial charge in [0.2, 0.25) is 0 Å². The van der Waals surface area contributed by atoms with Crippen molar-refractivity contribution in [2.24, 2.45) is 5.50 Å². The number of hydrogen-bond acceptors (Lipinski definition) is 1. The molecule has 6 heteroatoms. The van der Waals surface area contributed by atoms with Crippen molar-refractivity contribution in [2.45, 2.75) is 0 Å². The molecule has 0 amide bonds. The zero-order valence-corrected chi connectivity index (χ0v) is 5.34. The van der Waals surface area contributed by atoms with Gasteiger partial charge >= 0.3 is 30.8 Å². The summed E-state index contributed by atoms with van der Waals surface area (Å²) in [5.74, 6) is 0. The predicted molar refractivity (Wildman–Crippen MR) is 24.2 cm³/mol. The second-order valence-electron chi connectivity index (χ2n) is 0.589. The van der Waals surface area contributed by atoms with Crippen LogP contribution in [0, 0.1) is 0 Å². The minimum atomic E-state index is -4.14. The Morgan fingerprint density at radius 1 is 1.67 bits per heavy atom. The third-order valence-corrected chi connectivity index (χ3v) is 0. The van der Waals surface area contributed by atoms with Crippen molar-refractivity contribution in [2.75, 3.05) is 0 Å². The predicted octanol–water partition coefficient (Wildman–Crippen LogP) is -1.12. The fourth-order valence-electron chi connectivity index (χ4n) is 0. The zero-order valence-electron chi connectivity index (χ0n) is 5.03. The van der Waals surface area contributed by atoms with E-state index in [9.17, 15) is 0 Å². The van der Waals surface area contributed by atoms with Gasteiger partial charge in [-0.3, -0.25) is 0 Å². The van der Waals surface area contributed by atoms with E-state index in [0.29, 0.717) is 0 Å². The first-order valence-electron chi connectivity index (χ1n) is 0.841. The summed E-state index contributed by atoms with van der Waals surface area (Å²) in [4.78, 5) is 14.8. The first kappa shape index (κ1) is 9.99. The number of rotatable bonds is 0. The summed E-state index contributed by atoms with van der Waals surface area (Å²) in [7, 11) is -4.14. The third kappa shape index (κ3) is 95.4. The van der Waals surface area contributed by atoms with E-state index in [1.165, 1.54) is 0 Å². The van der Waals surface area contributed by atoms with E-state index in [2.05, 4.69) is 5.50 Å². The van der Waals surface area contributed by atoms with Crippen LogP contribution in [0.15, 0.2) is 0 Å². The van der Waals surface area contributed by atoms with Crippen LogP contribution in [0.5, 0.6) is 0 Å². The Morgan fingerprint density at radius 2 is 1.67 bits per heavy atom. The van der Waals surface area contributed by atoms with E-state index < -0.39 is 7.75 Å². The Labute approximate surface area is 54.1 Å². The molecule has 0 fully saturated rings. The molecule has 0 bridgehead atoms. The van der Waals surface area contributed by atoms with Crippen molar-refractivity contribution < 1.29 is 17.2 Å². The minimum absolute atomic E-state index is 0. The Bertz CT molecular complexity index is 63.4. The topological polar surface area (TPSA) is 83.6 Å². The summed E-state index contributed by atoms with van der Waals surface area (Å²) < 4.78 is 9.10. The quantitative estimate of drug-likeness (QED) is 0.281. The van der Waals surface area contributed by atoms with Crippen LogP contribution in [-0.2, 0) is 4.57 Å². The van der Waals surface area contributed by atoms with Crippen LogP contribution in [-0.4, -0.2) is 32.8 Å². The van der Waals surface area contributed by atoms with Crippen LogP contribution in [0.4, 0.5) is 0 Å². The van der Waals surface area contributed by atoms with E-state index in [1.807, 2.05) is 0 Å². The van der Waals surface area contributed by atoms with E-state index in [4.69, 9.17) is 14.4 Å². The van der Waals surface area contributed by atoms with Crippen LogP contribution in [0.1, 0.15) is 2.85 Å². The van der Waals surface area contributed by atoms with Crippen molar-refractivity contribution in [1.82, 2.24) is 0 Å². The van der Waals surface area contributed by atoms with Crippen LogP contribution in [0.3, 0.4) is 0 Å². The van der Waals surface area contributed by atoms with Crippen LogP contribution in [0.2, 0.25) is 0 Å². The van der Waals surface area contributed by atoms with Crippen LogP contribution < -0.4 is 5.50 Å². The Balaban J connectivity index is -0.0000000267. The molecule has 0 aliphatic heterocycles. The van der Waals surface area contributed by atoms with Gasteiger partial charge in [-0.25, -0.2) is 10.1 Å². The van der Waals surface area contributed by atoms with Gasteiger partial charge in [-0.15, -0.1) is 0 Å².